The summed E-state index contributed by atoms with van der Waals surface area (Å²) in [6.45, 7) is 6.39. The maximum Gasteiger partial charge on any atom is 0.121 e. The Morgan fingerprint density at radius 3 is 2.88 bits per heavy atom. The van der Waals surface area contributed by atoms with Crippen LogP contribution in [0, 0.1) is 0 Å². The van der Waals surface area contributed by atoms with Gasteiger partial charge in [-0.05, 0) is 18.6 Å². The van der Waals surface area contributed by atoms with Crippen LogP contribution in [0.3, 0.4) is 0 Å². The SMILES string of the molecule is Nc1cccc(OCCCN2CCNCC2)c1. The van der Waals surface area contributed by atoms with Crippen molar-refractivity contribution in [1.29, 1.82) is 0 Å². The highest BCUT2D eigenvalue weighted by Crippen LogP contribution is 2.14. The van der Waals surface area contributed by atoms with Gasteiger partial charge in [0.1, 0.15) is 5.75 Å². The first-order valence-electron chi connectivity index (χ1n) is 6.26. The molecule has 1 aromatic rings. The molecule has 1 aliphatic heterocycles. The van der Waals surface area contributed by atoms with Crippen molar-refractivity contribution in [2.45, 2.75) is 6.42 Å². The van der Waals surface area contributed by atoms with Gasteiger partial charge >= 0.3 is 0 Å². The summed E-state index contributed by atoms with van der Waals surface area (Å²) in [4.78, 5) is 2.47. The van der Waals surface area contributed by atoms with E-state index < -0.39 is 0 Å². The van der Waals surface area contributed by atoms with Crippen LogP contribution in [0.25, 0.3) is 0 Å². The van der Waals surface area contributed by atoms with E-state index in [1.807, 2.05) is 24.3 Å². The van der Waals surface area contributed by atoms with E-state index in [4.69, 9.17) is 10.5 Å². The van der Waals surface area contributed by atoms with Crippen LogP contribution in [-0.2, 0) is 0 Å². The molecule has 4 nitrogen and oxygen atoms in total. The second-order valence-electron chi connectivity index (χ2n) is 4.37. The smallest absolute Gasteiger partial charge is 0.121 e. The van der Waals surface area contributed by atoms with Crippen molar-refractivity contribution < 1.29 is 4.74 Å². The Bertz CT molecular complexity index is 337. The molecule has 0 aliphatic carbocycles. The number of rotatable bonds is 5. The Labute approximate surface area is 103 Å². The monoisotopic (exact) mass is 235 g/mol. The summed E-state index contributed by atoms with van der Waals surface area (Å²) < 4.78 is 5.66. The second-order valence-corrected chi connectivity index (χ2v) is 4.37. The van der Waals surface area contributed by atoms with E-state index in [0.717, 1.165) is 57.2 Å². The predicted octanol–water partition coefficient (Wildman–Crippen LogP) is 0.943. The van der Waals surface area contributed by atoms with Crippen molar-refractivity contribution in [3.8, 4) is 5.75 Å². The molecule has 1 saturated heterocycles. The average Bonchev–Trinajstić information content (AvgIpc) is 2.36. The highest BCUT2D eigenvalue weighted by Gasteiger charge is 2.08. The second kappa shape index (κ2) is 6.47. The Morgan fingerprint density at radius 1 is 1.29 bits per heavy atom. The summed E-state index contributed by atoms with van der Waals surface area (Å²) in [6, 6.07) is 7.60. The molecule has 0 unspecified atom stereocenters. The third-order valence-corrected chi connectivity index (χ3v) is 2.96. The van der Waals surface area contributed by atoms with Gasteiger partial charge in [0.2, 0.25) is 0 Å². The summed E-state index contributed by atoms with van der Waals surface area (Å²) in [7, 11) is 0. The Morgan fingerprint density at radius 2 is 2.12 bits per heavy atom. The number of ether oxygens (including phenoxy) is 1. The van der Waals surface area contributed by atoms with Crippen molar-refractivity contribution >= 4 is 5.69 Å². The molecule has 3 N–H and O–H groups in total. The van der Waals surface area contributed by atoms with Gasteiger partial charge in [0, 0.05) is 44.5 Å². The minimum absolute atomic E-state index is 0.754. The lowest BCUT2D eigenvalue weighted by Gasteiger charge is -2.26. The molecule has 1 aromatic carbocycles. The van der Waals surface area contributed by atoms with Crippen LogP contribution in [0.4, 0.5) is 5.69 Å². The lowest BCUT2D eigenvalue weighted by molar-refractivity contribution is 0.214. The molecule has 0 radical (unpaired) electrons. The Hall–Kier alpha value is -1.26. The van der Waals surface area contributed by atoms with Crippen molar-refractivity contribution in [2.75, 3.05) is 45.1 Å². The Balaban J connectivity index is 1.62. The van der Waals surface area contributed by atoms with Gasteiger partial charge in [0.15, 0.2) is 0 Å². The fourth-order valence-electron chi connectivity index (χ4n) is 2.02. The molecule has 2 rings (SSSR count). The van der Waals surface area contributed by atoms with Gasteiger partial charge in [0.25, 0.3) is 0 Å². The van der Waals surface area contributed by atoms with Gasteiger partial charge in [0.05, 0.1) is 6.61 Å². The van der Waals surface area contributed by atoms with E-state index in [1.54, 1.807) is 0 Å². The number of anilines is 1. The number of hydrogen-bond acceptors (Lipinski definition) is 4. The topological polar surface area (TPSA) is 50.5 Å². The molecule has 1 aliphatic rings. The minimum atomic E-state index is 0.754. The molecule has 0 bridgehead atoms. The molecule has 94 valence electrons. The normalized spacial score (nSPS) is 16.9. The number of nitrogen functional groups attached to an aromatic ring is 1. The summed E-state index contributed by atoms with van der Waals surface area (Å²) in [5.41, 5.74) is 6.44. The number of nitrogens with two attached hydrogens (primary N) is 1. The lowest BCUT2D eigenvalue weighted by atomic mass is 10.3. The summed E-state index contributed by atoms with van der Waals surface area (Å²) in [6.07, 6.45) is 1.06. The number of nitrogens with one attached hydrogen (secondary N) is 1. The van der Waals surface area contributed by atoms with Crippen LogP contribution >= 0.6 is 0 Å². The molecule has 1 heterocycles. The van der Waals surface area contributed by atoms with Gasteiger partial charge in [-0.25, -0.2) is 0 Å². The van der Waals surface area contributed by atoms with Crippen LogP contribution < -0.4 is 15.8 Å². The molecule has 0 aromatic heterocycles. The zero-order valence-corrected chi connectivity index (χ0v) is 10.2. The van der Waals surface area contributed by atoms with Gasteiger partial charge < -0.3 is 20.7 Å². The standard InChI is InChI=1S/C13H21N3O/c14-12-3-1-4-13(11-12)17-10-2-7-16-8-5-15-6-9-16/h1,3-4,11,15H,2,5-10,14H2. The van der Waals surface area contributed by atoms with E-state index in [-0.39, 0.29) is 0 Å². The van der Waals surface area contributed by atoms with Crippen LogP contribution in [0.2, 0.25) is 0 Å². The molecule has 0 atom stereocenters. The zero-order valence-electron chi connectivity index (χ0n) is 10.2. The number of nitrogens with zero attached hydrogens (tertiary/aromatic N) is 1. The fraction of sp³-hybridized carbons (Fsp3) is 0.538. The van der Waals surface area contributed by atoms with Gasteiger partial charge in [-0.3, -0.25) is 0 Å². The highest BCUT2D eigenvalue weighted by atomic mass is 16.5. The molecular weight excluding hydrogens is 214 g/mol. The molecule has 0 amide bonds. The third kappa shape index (κ3) is 4.24. The first-order valence-corrected chi connectivity index (χ1v) is 6.26. The van der Waals surface area contributed by atoms with Crippen LogP contribution in [0.1, 0.15) is 6.42 Å². The van der Waals surface area contributed by atoms with E-state index in [2.05, 4.69) is 10.2 Å². The van der Waals surface area contributed by atoms with Crippen molar-refractivity contribution in [3.05, 3.63) is 24.3 Å². The van der Waals surface area contributed by atoms with Crippen LogP contribution in [0.5, 0.6) is 5.75 Å². The van der Waals surface area contributed by atoms with Crippen molar-refractivity contribution in [2.24, 2.45) is 0 Å². The van der Waals surface area contributed by atoms with Gasteiger partial charge in [-0.2, -0.15) is 0 Å². The van der Waals surface area contributed by atoms with Gasteiger partial charge in [-0.15, -0.1) is 0 Å². The number of hydrogen-bond donors (Lipinski definition) is 2. The first kappa shape index (κ1) is 12.2. The predicted molar refractivity (Wildman–Crippen MR) is 70.3 cm³/mol. The van der Waals surface area contributed by atoms with E-state index in [0.29, 0.717) is 0 Å². The summed E-state index contributed by atoms with van der Waals surface area (Å²) in [5, 5.41) is 3.35. The van der Waals surface area contributed by atoms with E-state index in [9.17, 15) is 0 Å². The lowest BCUT2D eigenvalue weighted by Crippen LogP contribution is -2.43. The highest BCUT2D eigenvalue weighted by molar-refractivity contribution is 5.43. The average molecular weight is 235 g/mol. The van der Waals surface area contributed by atoms with E-state index in [1.165, 1.54) is 0 Å². The third-order valence-electron chi connectivity index (χ3n) is 2.96. The minimum Gasteiger partial charge on any atom is -0.493 e. The summed E-state index contributed by atoms with van der Waals surface area (Å²) >= 11 is 0. The molecule has 17 heavy (non-hydrogen) atoms. The van der Waals surface area contributed by atoms with E-state index >= 15 is 0 Å². The first-order chi connectivity index (χ1) is 8.34. The van der Waals surface area contributed by atoms with Crippen LogP contribution in [-0.4, -0.2) is 44.2 Å². The molecule has 0 spiro atoms. The summed E-state index contributed by atoms with van der Waals surface area (Å²) in [5.74, 6) is 0.866. The maximum absolute atomic E-state index is 5.68. The molecule has 1 fully saturated rings. The quantitative estimate of drug-likeness (QED) is 0.589. The Kier molecular flexibility index (Phi) is 4.64. The van der Waals surface area contributed by atoms with Gasteiger partial charge in [-0.1, -0.05) is 6.07 Å². The number of benzene rings is 1. The molecular formula is C13H21N3O. The zero-order chi connectivity index (χ0) is 11.9. The fourth-order valence-corrected chi connectivity index (χ4v) is 2.02. The van der Waals surface area contributed by atoms with Crippen molar-refractivity contribution in [1.82, 2.24) is 10.2 Å². The molecule has 4 heteroatoms. The maximum atomic E-state index is 5.68. The van der Waals surface area contributed by atoms with Crippen molar-refractivity contribution in [3.63, 3.8) is 0 Å². The number of piperazine rings is 1. The molecule has 0 saturated carbocycles. The van der Waals surface area contributed by atoms with Crippen LogP contribution in [0.15, 0.2) is 24.3 Å². The largest absolute Gasteiger partial charge is 0.493 e.